The smallest absolute Gasteiger partial charge is 0.407 e. The van der Waals surface area contributed by atoms with Gasteiger partial charge in [-0.05, 0) is 100 Å². The highest BCUT2D eigenvalue weighted by Gasteiger charge is 2.51. The molecule has 1 atom stereocenters. The number of piperidine rings is 1. The van der Waals surface area contributed by atoms with E-state index in [0.717, 1.165) is 31.7 Å². The lowest BCUT2D eigenvalue weighted by molar-refractivity contribution is -0.145. The lowest BCUT2D eigenvalue weighted by Crippen LogP contribution is -2.58. The number of benzene rings is 2. The molecule has 2 heterocycles. The standard InChI is InChI=1S/C37H45ClF2N4O6S/c1-36(2,3)50-35(46)42-29-19-21-44(22-20-29)34(45)33(37(39,40)32-18-11-27(23-41-32)26-9-12-28(38)13-10-26)43-51(47,48)31-16-14-30(15-17-31)49-24-25-7-5-4-6-8-25/h9-18,23,25,29,33,43H,4-8,19-22,24H2,1-3H3,(H,42,46). The lowest BCUT2D eigenvalue weighted by Gasteiger charge is -2.36. The van der Waals surface area contributed by atoms with Crippen molar-refractivity contribution >= 4 is 33.6 Å². The van der Waals surface area contributed by atoms with Gasteiger partial charge in [-0.25, -0.2) is 13.2 Å². The fourth-order valence-corrected chi connectivity index (χ4v) is 7.55. The molecule has 0 radical (unpaired) electrons. The first-order valence-electron chi connectivity index (χ1n) is 17.2. The summed E-state index contributed by atoms with van der Waals surface area (Å²) in [5.74, 6) is -4.28. The third-order valence-electron chi connectivity index (χ3n) is 9.04. The maximum Gasteiger partial charge on any atom is 0.407 e. The Hall–Kier alpha value is -3.81. The van der Waals surface area contributed by atoms with Crippen LogP contribution in [0.15, 0.2) is 71.8 Å². The number of ether oxygens (including phenoxy) is 2. The molecule has 0 bridgehead atoms. The SMILES string of the molecule is CC(C)(C)OC(=O)NC1CCN(C(=O)C(NS(=O)(=O)c2ccc(OCC3CCCCC3)cc2)C(F)(F)c2ccc(-c3ccc(Cl)cc3)cn2)CC1. The number of alkyl halides is 2. The number of amides is 2. The number of halogens is 3. The summed E-state index contributed by atoms with van der Waals surface area (Å²) in [6.07, 6.45) is 6.82. The van der Waals surface area contributed by atoms with Gasteiger partial charge in [-0.1, -0.05) is 49.1 Å². The summed E-state index contributed by atoms with van der Waals surface area (Å²) in [6, 6.07) is 11.9. The molecule has 2 aromatic carbocycles. The summed E-state index contributed by atoms with van der Waals surface area (Å²) >= 11 is 5.98. The molecule has 1 aliphatic carbocycles. The average Bonchev–Trinajstić information content (AvgIpc) is 3.10. The second-order valence-corrected chi connectivity index (χ2v) is 16.3. The molecule has 14 heteroatoms. The van der Waals surface area contributed by atoms with Crippen LogP contribution in [0.2, 0.25) is 5.02 Å². The van der Waals surface area contributed by atoms with Crippen LogP contribution in [0.4, 0.5) is 13.6 Å². The van der Waals surface area contributed by atoms with Crippen LogP contribution in [0.5, 0.6) is 5.75 Å². The molecule has 5 rings (SSSR count). The van der Waals surface area contributed by atoms with Crippen molar-refractivity contribution in [3.8, 4) is 16.9 Å². The number of aromatic nitrogens is 1. The number of likely N-dealkylation sites (tertiary alicyclic amines) is 1. The van der Waals surface area contributed by atoms with E-state index in [4.69, 9.17) is 21.1 Å². The summed E-state index contributed by atoms with van der Waals surface area (Å²) in [6.45, 7) is 5.72. The topological polar surface area (TPSA) is 127 Å². The third kappa shape index (κ3) is 10.4. The Morgan fingerprint density at radius 3 is 2.14 bits per heavy atom. The maximum atomic E-state index is 16.5. The van der Waals surface area contributed by atoms with E-state index in [9.17, 15) is 18.0 Å². The van der Waals surface area contributed by atoms with Crippen LogP contribution in [-0.4, -0.2) is 67.7 Å². The molecular weight excluding hydrogens is 702 g/mol. The highest BCUT2D eigenvalue weighted by Crippen LogP contribution is 2.35. The summed E-state index contributed by atoms with van der Waals surface area (Å²) < 4.78 is 73.4. The molecule has 1 saturated heterocycles. The lowest BCUT2D eigenvalue weighted by atomic mass is 9.90. The van der Waals surface area contributed by atoms with Crippen molar-refractivity contribution in [1.29, 1.82) is 0 Å². The molecule has 2 amide bonds. The van der Waals surface area contributed by atoms with Gasteiger partial charge < -0.3 is 19.7 Å². The molecule has 1 saturated carbocycles. The Labute approximate surface area is 303 Å². The molecule has 2 aliphatic rings. The van der Waals surface area contributed by atoms with Crippen LogP contribution in [0.1, 0.15) is 71.4 Å². The van der Waals surface area contributed by atoms with E-state index in [1.807, 2.05) is 4.72 Å². The van der Waals surface area contributed by atoms with Gasteiger partial charge in [0.05, 0.1) is 11.5 Å². The molecule has 0 spiro atoms. The van der Waals surface area contributed by atoms with E-state index >= 15 is 8.78 Å². The number of hydrogen-bond acceptors (Lipinski definition) is 7. The van der Waals surface area contributed by atoms with E-state index in [2.05, 4.69) is 10.3 Å². The number of carbonyl (C=O) groups excluding carboxylic acids is 2. The number of pyridine rings is 1. The Kier molecular flexibility index (Phi) is 12.2. The van der Waals surface area contributed by atoms with Crippen LogP contribution in [0, 0.1) is 5.92 Å². The number of carbonyl (C=O) groups is 2. The zero-order chi connectivity index (χ0) is 36.8. The number of hydrogen-bond donors (Lipinski definition) is 2. The first-order chi connectivity index (χ1) is 24.1. The Balaban J connectivity index is 1.34. The number of nitrogens with one attached hydrogen (secondary N) is 2. The normalized spacial score (nSPS) is 17.1. The third-order valence-corrected chi connectivity index (χ3v) is 10.7. The van der Waals surface area contributed by atoms with E-state index in [0.29, 0.717) is 34.4 Å². The quantitative estimate of drug-likeness (QED) is 0.211. The van der Waals surface area contributed by atoms with Crippen molar-refractivity contribution < 1.29 is 36.3 Å². The maximum absolute atomic E-state index is 16.5. The van der Waals surface area contributed by atoms with Gasteiger partial charge in [-0.15, -0.1) is 0 Å². The fraction of sp³-hybridized carbons (Fsp3) is 0.486. The molecule has 2 fully saturated rings. The van der Waals surface area contributed by atoms with E-state index in [1.165, 1.54) is 47.8 Å². The Morgan fingerprint density at radius 1 is 0.922 bits per heavy atom. The van der Waals surface area contributed by atoms with Crippen LogP contribution >= 0.6 is 11.6 Å². The minimum absolute atomic E-state index is 0.00354. The highest BCUT2D eigenvalue weighted by atomic mass is 35.5. The van der Waals surface area contributed by atoms with Crippen LogP contribution in [-0.2, 0) is 25.5 Å². The molecule has 3 aromatic rings. The average molecular weight is 747 g/mol. The number of sulfonamides is 1. The molecule has 51 heavy (non-hydrogen) atoms. The first-order valence-corrected chi connectivity index (χ1v) is 19.1. The predicted octanol–water partition coefficient (Wildman–Crippen LogP) is 7.32. The minimum Gasteiger partial charge on any atom is -0.493 e. The zero-order valence-corrected chi connectivity index (χ0v) is 30.6. The van der Waals surface area contributed by atoms with Gasteiger partial charge in [0.2, 0.25) is 15.9 Å². The van der Waals surface area contributed by atoms with Gasteiger partial charge in [0.25, 0.3) is 0 Å². The van der Waals surface area contributed by atoms with Crippen molar-refractivity contribution in [2.24, 2.45) is 5.92 Å². The van der Waals surface area contributed by atoms with E-state index < -0.39 is 45.3 Å². The van der Waals surface area contributed by atoms with Crippen molar-refractivity contribution in [1.82, 2.24) is 19.9 Å². The van der Waals surface area contributed by atoms with Gasteiger partial charge in [0.1, 0.15) is 17.0 Å². The Morgan fingerprint density at radius 2 is 1.55 bits per heavy atom. The van der Waals surface area contributed by atoms with E-state index in [-0.39, 0.29) is 36.9 Å². The largest absolute Gasteiger partial charge is 0.493 e. The van der Waals surface area contributed by atoms with Gasteiger partial charge in [0, 0.05) is 35.9 Å². The molecule has 2 N–H and O–H groups in total. The summed E-state index contributed by atoms with van der Waals surface area (Å²) in [5.41, 5.74) is -0.279. The minimum atomic E-state index is -4.63. The monoisotopic (exact) mass is 746 g/mol. The molecule has 10 nitrogen and oxygen atoms in total. The van der Waals surface area contributed by atoms with Gasteiger partial charge >= 0.3 is 12.0 Å². The number of nitrogens with zero attached hydrogens (tertiary/aromatic N) is 2. The van der Waals surface area contributed by atoms with Crippen molar-refractivity contribution in [2.75, 3.05) is 19.7 Å². The number of rotatable bonds is 11. The first kappa shape index (κ1) is 38.4. The zero-order valence-electron chi connectivity index (χ0n) is 29.0. The van der Waals surface area contributed by atoms with Gasteiger partial charge in [-0.3, -0.25) is 9.78 Å². The van der Waals surface area contributed by atoms with Crippen LogP contribution < -0.4 is 14.8 Å². The second kappa shape index (κ2) is 16.2. The summed E-state index contributed by atoms with van der Waals surface area (Å²) in [5, 5.41) is 3.26. The molecule has 1 unspecified atom stereocenters. The molecule has 1 aliphatic heterocycles. The van der Waals surface area contributed by atoms with Crippen LogP contribution in [0.3, 0.4) is 0 Å². The predicted molar refractivity (Wildman–Crippen MR) is 190 cm³/mol. The molecular formula is C37H45ClF2N4O6S. The highest BCUT2D eigenvalue weighted by molar-refractivity contribution is 7.89. The van der Waals surface area contributed by atoms with Gasteiger partial charge in [-0.2, -0.15) is 13.5 Å². The second-order valence-electron chi connectivity index (χ2n) is 14.1. The Bertz CT molecular complexity index is 1740. The van der Waals surface area contributed by atoms with Crippen LogP contribution in [0.25, 0.3) is 11.1 Å². The van der Waals surface area contributed by atoms with Crippen molar-refractivity contribution in [2.45, 2.75) is 94.2 Å². The van der Waals surface area contributed by atoms with Gasteiger partial charge in [0.15, 0.2) is 6.04 Å². The fourth-order valence-electron chi connectivity index (χ4n) is 6.24. The van der Waals surface area contributed by atoms with Crippen molar-refractivity contribution in [3.63, 3.8) is 0 Å². The number of alkyl carbamates (subject to hydrolysis) is 1. The molecule has 1 aromatic heterocycles. The van der Waals surface area contributed by atoms with E-state index in [1.54, 1.807) is 45.0 Å². The summed E-state index contributed by atoms with van der Waals surface area (Å²) in [7, 11) is -4.63. The summed E-state index contributed by atoms with van der Waals surface area (Å²) in [4.78, 5) is 31.0. The van der Waals surface area contributed by atoms with Crippen molar-refractivity contribution in [3.05, 3.63) is 77.6 Å². The molecule has 276 valence electrons.